The van der Waals surface area contributed by atoms with Gasteiger partial charge < -0.3 is 15.3 Å². The monoisotopic (exact) mass is 460 g/mol. The molecule has 0 aromatic rings. The van der Waals surface area contributed by atoms with Gasteiger partial charge in [-0.25, -0.2) is 0 Å². The number of aliphatic hydroxyl groups excluding tert-OH is 1. The summed E-state index contributed by atoms with van der Waals surface area (Å²) in [5.74, 6) is -0.308. The van der Waals surface area contributed by atoms with Crippen LogP contribution in [-0.4, -0.2) is 52.4 Å². The number of nitrogens with one attached hydrogen (secondary N) is 1. The number of piperidine rings is 1. The molecule has 176 valence electrons. The van der Waals surface area contributed by atoms with Crippen molar-refractivity contribution in [3.8, 4) is 0 Å². The fourth-order valence-corrected chi connectivity index (χ4v) is 5.12. The molecule has 1 fully saturated rings. The second-order valence-corrected chi connectivity index (χ2v) is 10.8. The zero-order valence-electron chi connectivity index (χ0n) is 19.7. The smallest absolute Gasteiger partial charge is 0.254 e. The SMILES string of the molecule is CC(C)[C@@H](NC(=O)C(O)C1=CCCC=C1)C(=O)N1CC[C@H](C2=CCC(Cl)C=C2)C(C)(C)C1. The lowest BCUT2D eigenvalue weighted by Crippen LogP contribution is -2.57. The molecule has 2 N–H and O–H groups in total. The zero-order chi connectivity index (χ0) is 23.5. The van der Waals surface area contributed by atoms with E-state index in [-0.39, 0.29) is 22.6 Å². The molecule has 3 rings (SSSR count). The van der Waals surface area contributed by atoms with Crippen LogP contribution >= 0.6 is 11.6 Å². The minimum atomic E-state index is -1.25. The van der Waals surface area contributed by atoms with E-state index in [9.17, 15) is 14.7 Å². The Balaban J connectivity index is 1.66. The molecule has 0 aromatic carbocycles. The fourth-order valence-electron chi connectivity index (χ4n) is 4.96. The van der Waals surface area contributed by atoms with E-state index >= 15 is 0 Å². The predicted molar refractivity (Wildman–Crippen MR) is 129 cm³/mol. The summed E-state index contributed by atoms with van der Waals surface area (Å²) in [6, 6.07) is -0.663. The molecule has 1 heterocycles. The molecule has 1 saturated heterocycles. The van der Waals surface area contributed by atoms with Gasteiger partial charge >= 0.3 is 0 Å². The van der Waals surface area contributed by atoms with Crippen molar-refractivity contribution in [3.63, 3.8) is 0 Å². The Hall–Kier alpha value is -1.85. The van der Waals surface area contributed by atoms with E-state index in [1.165, 1.54) is 5.57 Å². The summed E-state index contributed by atoms with van der Waals surface area (Å²) in [5.41, 5.74) is 1.81. The Morgan fingerprint density at radius 2 is 1.97 bits per heavy atom. The van der Waals surface area contributed by atoms with E-state index in [1.54, 1.807) is 6.08 Å². The molecule has 5 nitrogen and oxygen atoms in total. The lowest BCUT2D eigenvalue weighted by atomic mass is 9.69. The van der Waals surface area contributed by atoms with Crippen molar-refractivity contribution >= 4 is 23.4 Å². The van der Waals surface area contributed by atoms with Crippen LogP contribution in [0.3, 0.4) is 0 Å². The van der Waals surface area contributed by atoms with Crippen LogP contribution in [0.5, 0.6) is 0 Å². The average Bonchev–Trinajstić information content (AvgIpc) is 2.77. The van der Waals surface area contributed by atoms with Gasteiger partial charge in [0.05, 0.1) is 5.38 Å². The molecule has 2 amide bonds. The number of hydrogen-bond donors (Lipinski definition) is 2. The van der Waals surface area contributed by atoms with Gasteiger partial charge in [0.25, 0.3) is 5.91 Å². The van der Waals surface area contributed by atoms with Gasteiger partial charge in [0, 0.05) is 13.1 Å². The molecular formula is C26H37ClN2O3. The highest BCUT2D eigenvalue weighted by molar-refractivity contribution is 6.22. The summed E-state index contributed by atoms with van der Waals surface area (Å²) in [6.07, 6.45) is 14.2. The third-order valence-corrected chi connectivity index (χ3v) is 7.16. The van der Waals surface area contributed by atoms with Crippen LogP contribution in [0.15, 0.2) is 47.6 Å². The summed E-state index contributed by atoms with van der Waals surface area (Å²) < 4.78 is 0. The van der Waals surface area contributed by atoms with Crippen molar-refractivity contribution in [3.05, 3.63) is 47.6 Å². The molecule has 0 radical (unpaired) electrons. The minimum absolute atomic E-state index is 0.0640. The highest BCUT2D eigenvalue weighted by atomic mass is 35.5. The van der Waals surface area contributed by atoms with E-state index in [1.807, 2.05) is 30.9 Å². The van der Waals surface area contributed by atoms with Crippen molar-refractivity contribution < 1.29 is 14.7 Å². The van der Waals surface area contributed by atoms with Crippen LogP contribution in [-0.2, 0) is 9.59 Å². The number of nitrogens with zero attached hydrogens (tertiary/aromatic N) is 1. The quantitative estimate of drug-likeness (QED) is 0.585. The van der Waals surface area contributed by atoms with Crippen LogP contribution in [0.1, 0.15) is 53.4 Å². The largest absolute Gasteiger partial charge is 0.378 e. The standard InChI is InChI=1S/C26H37ClN2O3/c1-17(2)22(28-24(31)23(30)19-8-6-5-7-9-19)25(32)29-15-14-21(26(3,4)16-29)18-10-12-20(27)13-11-18/h6,8-12,17,20-23,30H,5,7,13-16H2,1-4H3,(H,28,31)/t20?,21-,22-,23?/m1/s1. The second-order valence-electron chi connectivity index (χ2n) is 10.2. The molecule has 0 aromatic heterocycles. The Morgan fingerprint density at radius 1 is 1.22 bits per heavy atom. The normalized spacial score (nSPS) is 26.9. The number of alkyl halides is 1. The number of amides is 2. The first-order valence-corrected chi connectivity index (χ1v) is 12.2. The summed E-state index contributed by atoms with van der Waals surface area (Å²) in [7, 11) is 0. The lowest BCUT2D eigenvalue weighted by molar-refractivity contribution is -0.142. The number of likely N-dealkylation sites (tertiary alicyclic amines) is 1. The Morgan fingerprint density at radius 3 is 2.53 bits per heavy atom. The molecular weight excluding hydrogens is 424 g/mol. The number of allylic oxidation sites excluding steroid dienone is 6. The Labute approximate surface area is 197 Å². The molecule has 1 aliphatic heterocycles. The van der Waals surface area contributed by atoms with Crippen molar-refractivity contribution in [2.45, 2.75) is 70.9 Å². The Kier molecular flexibility index (Phi) is 8.05. The van der Waals surface area contributed by atoms with Gasteiger partial charge in [0.15, 0.2) is 6.10 Å². The Bertz CT molecular complexity index is 840. The third-order valence-electron chi connectivity index (χ3n) is 6.84. The maximum absolute atomic E-state index is 13.4. The van der Waals surface area contributed by atoms with Crippen LogP contribution in [0.4, 0.5) is 0 Å². The predicted octanol–water partition coefficient (Wildman–Crippen LogP) is 4.13. The van der Waals surface area contributed by atoms with Crippen LogP contribution in [0, 0.1) is 17.3 Å². The molecule has 6 heteroatoms. The molecule has 0 spiro atoms. The highest BCUT2D eigenvalue weighted by Gasteiger charge is 2.41. The zero-order valence-corrected chi connectivity index (χ0v) is 20.4. The lowest BCUT2D eigenvalue weighted by Gasteiger charge is -2.46. The number of hydrogen-bond acceptors (Lipinski definition) is 3. The molecule has 32 heavy (non-hydrogen) atoms. The summed E-state index contributed by atoms with van der Waals surface area (Å²) >= 11 is 6.19. The van der Waals surface area contributed by atoms with Crippen LogP contribution in [0.25, 0.3) is 0 Å². The first-order valence-electron chi connectivity index (χ1n) is 11.8. The molecule has 0 bridgehead atoms. The van der Waals surface area contributed by atoms with Crippen molar-refractivity contribution in [2.75, 3.05) is 13.1 Å². The summed E-state index contributed by atoms with van der Waals surface area (Å²) in [6.45, 7) is 9.53. The number of aliphatic hydroxyl groups is 1. The first kappa shape index (κ1) is 24.8. The van der Waals surface area contributed by atoms with E-state index < -0.39 is 18.1 Å². The van der Waals surface area contributed by atoms with E-state index in [0.29, 0.717) is 24.6 Å². The molecule has 4 atom stereocenters. The van der Waals surface area contributed by atoms with Crippen molar-refractivity contribution in [1.29, 1.82) is 0 Å². The summed E-state index contributed by atoms with van der Waals surface area (Å²) in [4.78, 5) is 28.0. The van der Waals surface area contributed by atoms with Gasteiger partial charge in [0.2, 0.25) is 5.91 Å². The van der Waals surface area contributed by atoms with Crippen LogP contribution < -0.4 is 5.32 Å². The van der Waals surface area contributed by atoms with Gasteiger partial charge in [0.1, 0.15) is 6.04 Å². The summed E-state index contributed by atoms with van der Waals surface area (Å²) in [5, 5.41) is 13.4. The maximum Gasteiger partial charge on any atom is 0.254 e. The van der Waals surface area contributed by atoms with Gasteiger partial charge in [-0.2, -0.15) is 0 Å². The van der Waals surface area contributed by atoms with Gasteiger partial charge in [-0.15, -0.1) is 11.6 Å². The highest BCUT2D eigenvalue weighted by Crippen LogP contribution is 2.41. The van der Waals surface area contributed by atoms with E-state index in [0.717, 1.165) is 25.7 Å². The second kappa shape index (κ2) is 10.4. The van der Waals surface area contributed by atoms with Gasteiger partial charge in [-0.05, 0) is 54.1 Å². The molecule has 0 saturated carbocycles. The minimum Gasteiger partial charge on any atom is -0.378 e. The average molecular weight is 461 g/mol. The first-order chi connectivity index (χ1) is 15.1. The molecule has 2 unspecified atom stereocenters. The maximum atomic E-state index is 13.4. The number of carbonyl (C=O) groups is 2. The third kappa shape index (κ3) is 5.74. The van der Waals surface area contributed by atoms with Gasteiger partial charge in [-0.3, -0.25) is 9.59 Å². The van der Waals surface area contributed by atoms with Crippen molar-refractivity contribution in [1.82, 2.24) is 10.2 Å². The van der Waals surface area contributed by atoms with E-state index in [4.69, 9.17) is 11.6 Å². The molecule has 3 aliphatic rings. The van der Waals surface area contributed by atoms with E-state index in [2.05, 4.69) is 37.4 Å². The van der Waals surface area contributed by atoms with Crippen LogP contribution in [0.2, 0.25) is 0 Å². The topological polar surface area (TPSA) is 69.6 Å². The number of halogens is 1. The fraction of sp³-hybridized carbons (Fsp3) is 0.615. The van der Waals surface area contributed by atoms with Crippen molar-refractivity contribution in [2.24, 2.45) is 17.3 Å². The number of carbonyl (C=O) groups excluding carboxylic acids is 2. The number of rotatable bonds is 6. The molecule has 2 aliphatic carbocycles. The van der Waals surface area contributed by atoms with Gasteiger partial charge in [-0.1, -0.05) is 64.2 Å².